The molecule has 5 heteroatoms. The number of anilines is 2. The van der Waals surface area contributed by atoms with Gasteiger partial charge in [0.15, 0.2) is 5.82 Å². The first-order valence-electron chi connectivity index (χ1n) is 7.95. The second kappa shape index (κ2) is 7.42. The number of hydrogen-bond donors (Lipinski definition) is 2. The van der Waals surface area contributed by atoms with Gasteiger partial charge in [0, 0.05) is 30.3 Å². The summed E-state index contributed by atoms with van der Waals surface area (Å²) in [6.07, 6.45) is 0. The van der Waals surface area contributed by atoms with E-state index in [1.54, 1.807) is 0 Å². The van der Waals surface area contributed by atoms with Crippen LogP contribution in [-0.4, -0.2) is 47.6 Å². The highest BCUT2D eigenvalue weighted by atomic mass is 15.1. The number of nitrogens with one attached hydrogen (secondary N) is 2. The number of aromatic nitrogens is 2. The summed E-state index contributed by atoms with van der Waals surface area (Å²) in [5, 5.41) is 6.81. The van der Waals surface area contributed by atoms with Crippen molar-refractivity contribution in [3.8, 4) is 11.4 Å². The van der Waals surface area contributed by atoms with Crippen molar-refractivity contribution in [3.63, 3.8) is 0 Å². The molecule has 0 aliphatic rings. The second-order valence-corrected chi connectivity index (χ2v) is 6.93. The Kier molecular flexibility index (Phi) is 5.55. The summed E-state index contributed by atoms with van der Waals surface area (Å²) in [6.45, 7) is 8.16. The summed E-state index contributed by atoms with van der Waals surface area (Å²) in [5.74, 6) is 2.40. The summed E-state index contributed by atoms with van der Waals surface area (Å²) < 4.78 is 0. The maximum atomic E-state index is 4.66. The first kappa shape index (κ1) is 17.2. The van der Waals surface area contributed by atoms with Gasteiger partial charge in [0.2, 0.25) is 0 Å². The Balaban J connectivity index is 2.28. The molecule has 0 radical (unpaired) electrons. The van der Waals surface area contributed by atoms with Crippen LogP contribution >= 0.6 is 0 Å². The van der Waals surface area contributed by atoms with Crippen molar-refractivity contribution < 1.29 is 0 Å². The lowest BCUT2D eigenvalue weighted by Gasteiger charge is -2.22. The van der Waals surface area contributed by atoms with E-state index in [4.69, 9.17) is 0 Å². The smallest absolute Gasteiger partial charge is 0.163 e. The molecule has 2 aromatic rings. The van der Waals surface area contributed by atoms with Crippen LogP contribution in [0.3, 0.4) is 0 Å². The molecule has 0 fully saturated rings. The number of rotatable bonds is 6. The molecule has 1 aromatic carbocycles. The Morgan fingerprint density at radius 2 is 1.65 bits per heavy atom. The lowest BCUT2D eigenvalue weighted by molar-refractivity contribution is 0.425. The fraction of sp³-hybridized carbons (Fsp3) is 0.444. The van der Waals surface area contributed by atoms with E-state index in [9.17, 15) is 0 Å². The van der Waals surface area contributed by atoms with E-state index in [1.807, 2.05) is 36.4 Å². The van der Waals surface area contributed by atoms with Crippen molar-refractivity contribution in [1.29, 1.82) is 0 Å². The van der Waals surface area contributed by atoms with Crippen molar-refractivity contribution in [1.82, 2.24) is 14.9 Å². The van der Waals surface area contributed by atoms with Crippen LogP contribution in [0.5, 0.6) is 0 Å². The monoisotopic (exact) mass is 313 g/mol. The molecule has 1 aromatic heterocycles. The number of nitrogens with zero attached hydrogens (tertiary/aromatic N) is 3. The average Bonchev–Trinajstić information content (AvgIpc) is 2.46. The Morgan fingerprint density at radius 3 is 2.26 bits per heavy atom. The van der Waals surface area contributed by atoms with Crippen LogP contribution in [-0.2, 0) is 0 Å². The summed E-state index contributed by atoms with van der Waals surface area (Å²) in [4.78, 5) is 11.4. The Labute approximate surface area is 139 Å². The van der Waals surface area contributed by atoms with Gasteiger partial charge in [-0.25, -0.2) is 9.97 Å². The van der Waals surface area contributed by atoms with Gasteiger partial charge in [-0.15, -0.1) is 0 Å². The molecule has 2 rings (SSSR count). The first-order valence-corrected chi connectivity index (χ1v) is 7.95. The number of hydrogen-bond acceptors (Lipinski definition) is 5. The zero-order chi connectivity index (χ0) is 16.9. The van der Waals surface area contributed by atoms with Gasteiger partial charge >= 0.3 is 0 Å². The summed E-state index contributed by atoms with van der Waals surface area (Å²) in [6, 6.07) is 12.0. The molecule has 0 amide bonds. The topological polar surface area (TPSA) is 53.1 Å². The van der Waals surface area contributed by atoms with Crippen molar-refractivity contribution in [2.45, 2.75) is 26.3 Å². The van der Waals surface area contributed by atoms with Gasteiger partial charge in [-0.1, -0.05) is 30.3 Å². The van der Waals surface area contributed by atoms with E-state index in [-0.39, 0.29) is 5.54 Å². The molecule has 0 aliphatic heterocycles. The minimum atomic E-state index is -0.0524. The van der Waals surface area contributed by atoms with Crippen molar-refractivity contribution in [3.05, 3.63) is 36.4 Å². The maximum Gasteiger partial charge on any atom is 0.163 e. The van der Waals surface area contributed by atoms with Gasteiger partial charge in [0.05, 0.1) is 0 Å². The molecular formula is C18H27N5. The highest BCUT2D eigenvalue weighted by Gasteiger charge is 2.13. The normalized spacial score (nSPS) is 11.6. The molecule has 2 N–H and O–H groups in total. The summed E-state index contributed by atoms with van der Waals surface area (Å²) in [5.41, 5.74) is 0.962. The standard InChI is InChI=1S/C18H27N5/c1-18(2,3)22-16-13-15(19-11-12-23(4)5)20-17(21-16)14-9-7-6-8-10-14/h6-10,13H,11-12H2,1-5H3,(H2,19,20,21,22). The predicted molar refractivity (Wildman–Crippen MR) is 97.9 cm³/mol. The summed E-state index contributed by atoms with van der Waals surface area (Å²) in [7, 11) is 4.12. The van der Waals surface area contributed by atoms with E-state index in [1.165, 1.54) is 0 Å². The Bertz CT molecular complexity index is 617. The van der Waals surface area contributed by atoms with Crippen LogP contribution in [0.1, 0.15) is 20.8 Å². The van der Waals surface area contributed by atoms with Gasteiger partial charge in [0.1, 0.15) is 11.6 Å². The second-order valence-electron chi connectivity index (χ2n) is 6.93. The molecule has 23 heavy (non-hydrogen) atoms. The fourth-order valence-electron chi connectivity index (χ4n) is 2.11. The molecule has 0 saturated carbocycles. The molecule has 124 valence electrons. The number of benzene rings is 1. The van der Waals surface area contributed by atoms with E-state index < -0.39 is 0 Å². The van der Waals surface area contributed by atoms with Crippen LogP contribution in [0, 0.1) is 0 Å². The average molecular weight is 313 g/mol. The molecule has 0 atom stereocenters. The molecule has 0 spiro atoms. The third kappa shape index (κ3) is 5.87. The molecule has 0 aliphatic carbocycles. The Hall–Kier alpha value is -2.14. The van der Waals surface area contributed by atoms with E-state index >= 15 is 0 Å². The van der Waals surface area contributed by atoms with Gasteiger partial charge < -0.3 is 15.5 Å². The van der Waals surface area contributed by atoms with Gasteiger partial charge in [0.25, 0.3) is 0 Å². The van der Waals surface area contributed by atoms with Crippen LogP contribution in [0.4, 0.5) is 11.6 Å². The van der Waals surface area contributed by atoms with Crippen molar-refractivity contribution in [2.75, 3.05) is 37.8 Å². The van der Waals surface area contributed by atoms with Gasteiger partial charge in [-0.05, 0) is 34.9 Å². The molecule has 5 nitrogen and oxygen atoms in total. The van der Waals surface area contributed by atoms with Crippen LogP contribution in [0.2, 0.25) is 0 Å². The lowest BCUT2D eigenvalue weighted by Crippen LogP contribution is -2.27. The van der Waals surface area contributed by atoms with Crippen LogP contribution in [0.15, 0.2) is 36.4 Å². The zero-order valence-corrected chi connectivity index (χ0v) is 14.7. The maximum absolute atomic E-state index is 4.66. The van der Waals surface area contributed by atoms with Crippen LogP contribution in [0.25, 0.3) is 11.4 Å². The highest BCUT2D eigenvalue weighted by molar-refractivity contribution is 5.61. The van der Waals surface area contributed by atoms with E-state index in [0.29, 0.717) is 0 Å². The Morgan fingerprint density at radius 1 is 1.00 bits per heavy atom. The van der Waals surface area contributed by atoms with Gasteiger partial charge in [-0.3, -0.25) is 0 Å². The lowest BCUT2D eigenvalue weighted by atomic mass is 10.1. The molecule has 1 heterocycles. The van der Waals surface area contributed by atoms with E-state index in [0.717, 1.165) is 36.1 Å². The quantitative estimate of drug-likeness (QED) is 0.857. The molecule has 0 bridgehead atoms. The largest absolute Gasteiger partial charge is 0.369 e. The van der Waals surface area contributed by atoms with Crippen molar-refractivity contribution >= 4 is 11.6 Å². The third-order valence-corrected chi connectivity index (χ3v) is 3.13. The first-order chi connectivity index (χ1) is 10.8. The molecule has 0 unspecified atom stereocenters. The van der Waals surface area contributed by atoms with E-state index in [2.05, 4.69) is 60.4 Å². The number of likely N-dealkylation sites (N-methyl/N-ethyl adjacent to an activating group) is 1. The minimum Gasteiger partial charge on any atom is -0.369 e. The van der Waals surface area contributed by atoms with Gasteiger partial charge in [-0.2, -0.15) is 0 Å². The van der Waals surface area contributed by atoms with Crippen LogP contribution < -0.4 is 10.6 Å². The molecule has 0 saturated heterocycles. The highest BCUT2D eigenvalue weighted by Crippen LogP contribution is 2.22. The molecular weight excluding hydrogens is 286 g/mol. The fourth-order valence-corrected chi connectivity index (χ4v) is 2.11. The SMILES string of the molecule is CN(C)CCNc1cc(NC(C)(C)C)nc(-c2ccccc2)n1. The van der Waals surface area contributed by atoms with Crippen molar-refractivity contribution in [2.24, 2.45) is 0 Å². The predicted octanol–water partition coefficient (Wildman–Crippen LogP) is 3.33. The summed E-state index contributed by atoms with van der Waals surface area (Å²) >= 11 is 0. The third-order valence-electron chi connectivity index (χ3n) is 3.13. The minimum absolute atomic E-state index is 0.0524. The zero-order valence-electron chi connectivity index (χ0n) is 14.7.